The molecule has 1 atom stereocenters. The Kier molecular flexibility index (Phi) is 5.57. The standard InChI is InChI=1S/C23H34O2Si3/c1-22(2,3)27(26)28(20-10-6-4-7-11-20,21-12-8-5-9-13-21)25-19-14-16-23(17-15-19)18-24-23/h4-13,19,27H,14-18H2,1-3,26H3. The molecule has 2 aliphatic rings. The maximum absolute atomic E-state index is 7.44. The number of hydrogen-bond donors (Lipinski definition) is 0. The van der Waals surface area contributed by atoms with Crippen LogP contribution >= 0.6 is 0 Å². The van der Waals surface area contributed by atoms with Gasteiger partial charge in [0.2, 0.25) is 7.83 Å². The molecule has 1 saturated carbocycles. The minimum atomic E-state index is -2.24. The summed E-state index contributed by atoms with van der Waals surface area (Å²) in [5.74, 6) is 0. The normalized spacial score (nSPS) is 26.3. The highest BCUT2D eigenvalue weighted by atomic mass is 29.6. The average molecular weight is 427 g/mol. The van der Waals surface area contributed by atoms with Gasteiger partial charge in [0.1, 0.15) is 0 Å². The monoisotopic (exact) mass is 426 g/mol. The van der Waals surface area contributed by atoms with Crippen molar-refractivity contribution < 1.29 is 9.16 Å². The van der Waals surface area contributed by atoms with Crippen LogP contribution in [-0.4, -0.2) is 43.7 Å². The molecule has 0 amide bonds. The summed E-state index contributed by atoms with van der Waals surface area (Å²) in [4.78, 5) is 0. The van der Waals surface area contributed by atoms with E-state index in [0.717, 1.165) is 19.4 Å². The summed E-state index contributed by atoms with van der Waals surface area (Å²) in [5, 5.41) is 3.34. The quantitative estimate of drug-likeness (QED) is 0.541. The molecule has 1 heterocycles. The van der Waals surface area contributed by atoms with Crippen LogP contribution in [0.2, 0.25) is 5.04 Å². The number of hydrogen-bond acceptors (Lipinski definition) is 2. The van der Waals surface area contributed by atoms with Gasteiger partial charge in [-0.2, -0.15) is 0 Å². The Bertz CT molecular complexity index is 735. The van der Waals surface area contributed by atoms with E-state index >= 15 is 0 Å². The smallest absolute Gasteiger partial charge is 0.234 e. The SMILES string of the molecule is CC(C)(C)[SiH]([SiH3])[Si](OC1CCC2(CC1)CO2)(c1ccccc1)c1ccccc1. The lowest BCUT2D eigenvalue weighted by atomic mass is 9.88. The fraction of sp³-hybridized carbons (Fsp3) is 0.478. The van der Waals surface area contributed by atoms with E-state index < -0.39 is 15.7 Å². The third-order valence-electron chi connectivity index (χ3n) is 7.06. The average Bonchev–Trinajstić information content (AvgIpc) is 3.47. The zero-order valence-electron chi connectivity index (χ0n) is 17.8. The first-order valence-electron chi connectivity index (χ1n) is 10.8. The molecule has 0 aromatic heterocycles. The third-order valence-corrected chi connectivity index (χ3v) is 35.1. The van der Waals surface area contributed by atoms with Gasteiger partial charge in [0.15, 0.2) is 0 Å². The van der Waals surface area contributed by atoms with E-state index in [4.69, 9.17) is 9.16 Å². The van der Waals surface area contributed by atoms with Gasteiger partial charge >= 0.3 is 0 Å². The fourth-order valence-corrected chi connectivity index (χ4v) is 26.2. The predicted octanol–water partition coefficient (Wildman–Crippen LogP) is 2.44. The van der Waals surface area contributed by atoms with Crippen molar-refractivity contribution in [1.29, 1.82) is 0 Å². The van der Waals surface area contributed by atoms with Crippen molar-refractivity contribution in [3.05, 3.63) is 60.7 Å². The molecular formula is C23H34O2Si3. The maximum atomic E-state index is 7.44. The van der Waals surface area contributed by atoms with E-state index in [1.165, 1.54) is 33.0 Å². The Morgan fingerprint density at radius 1 is 0.964 bits per heavy atom. The molecule has 0 bridgehead atoms. The first kappa shape index (κ1) is 20.3. The van der Waals surface area contributed by atoms with Crippen molar-refractivity contribution in [2.24, 2.45) is 0 Å². The molecule has 2 aromatic rings. The second kappa shape index (κ2) is 7.69. The highest BCUT2D eigenvalue weighted by Gasteiger charge is 2.53. The van der Waals surface area contributed by atoms with Gasteiger partial charge in [-0.05, 0) is 50.9 Å². The van der Waals surface area contributed by atoms with Gasteiger partial charge in [0.25, 0.3) is 0 Å². The summed E-state index contributed by atoms with van der Waals surface area (Å²) in [6.45, 7) is 8.35. The van der Waals surface area contributed by atoms with Crippen LogP contribution in [0.15, 0.2) is 60.7 Å². The molecule has 1 aliphatic heterocycles. The van der Waals surface area contributed by atoms with Crippen LogP contribution < -0.4 is 10.4 Å². The van der Waals surface area contributed by atoms with Crippen molar-refractivity contribution in [3.63, 3.8) is 0 Å². The van der Waals surface area contributed by atoms with Crippen LogP contribution in [0.4, 0.5) is 0 Å². The zero-order valence-corrected chi connectivity index (χ0v) is 21.9. The maximum Gasteiger partial charge on any atom is 0.234 e. The second-order valence-corrected chi connectivity index (χ2v) is 27.8. The van der Waals surface area contributed by atoms with Gasteiger partial charge in [-0.1, -0.05) is 81.4 Å². The number of rotatable bonds is 5. The van der Waals surface area contributed by atoms with Gasteiger partial charge in [-0.25, -0.2) is 0 Å². The molecule has 1 aliphatic carbocycles. The second-order valence-electron chi connectivity index (χ2n) is 9.84. The zero-order chi connectivity index (χ0) is 19.8. The van der Waals surface area contributed by atoms with Gasteiger partial charge < -0.3 is 9.16 Å². The Hall–Kier alpha value is -0.989. The van der Waals surface area contributed by atoms with Gasteiger partial charge in [0.05, 0.1) is 20.0 Å². The molecule has 2 aromatic carbocycles. The topological polar surface area (TPSA) is 21.8 Å². The highest BCUT2D eigenvalue weighted by molar-refractivity contribution is 7.55. The van der Waals surface area contributed by atoms with Crippen molar-refractivity contribution in [1.82, 2.24) is 0 Å². The van der Waals surface area contributed by atoms with Gasteiger partial charge in [-0.3, -0.25) is 0 Å². The molecular weight excluding hydrogens is 393 g/mol. The highest BCUT2D eigenvalue weighted by Crippen LogP contribution is 2.43. The number of ether oxygens (including phenoxy) is 1. The van der Waals surface area contributed by atoms with Crippen molar-refractivity contribution in [2.45, 2.75) is 63.2 Å². The summed E-state index contributed by atoms with van der Waals surface area (Å²) in [5.41, 5.74) is 0.228. The molecule has 2 nitrogen and oxygen atoms in total. The van der Waals surface area contributed by atoms with Crippen molar-refractivity contribution >= 4 is 35.8 Å². The van der Waals surface area contributed by atoms with E-state index in [0.29, 0.717) is 11.1 Å². The molecule has 0 N–H and O–H groups in total. The van der Waals surface area contributed by atoms with Gasteiger partial charge in [0, 0.05) is 6.10 Å². The Balaban J connectivity index is 1.78. The van der Waals surface area contributed by atoms with E-state index in [-0.39, 0.29) is 5.60 Å². The molecule has 4 rings (SSSR count). The van der Waals surface area contributed by atoms with Crippen LogP contribution in [0.5, 0.6) is 0 Å². The fourth-order valence-electron chi connectivity index (χ4n) is 4.77. The molecule has 28 heavy (non-hydrogen) atoms. The summed E-state index contributed by atoms with van der Waals surface area (Å²) < 4.78 is 13.2. The van der Waals surface area contributed by atoms with Crippen LogP contribution in [0, 0.1) is 0 Å². The van der Waals surface area contributed by atoms with E-state index in [9.17, 15) is 0 Å². The van der Waals surface area contributed by atoms with Crippen LogP contribution in [0.1, 0.15) is 46.5 Å². The lowest BCUT2D eigenvalue weighted by Gasteiger charge is -2.46. The molecule has 1 unspecified atom stereocenters. The molecule has 1 saturated heterocycles. The summed E-state index contributed by atoms with van der Waals surface area (Å²) >= 11 is 0. The Labute approximate surface area is 175 Å². The van der Waals surface area contributed by atoms with Crippen LogP contribution in [0.25, 0.3) is 0 Å². The van der Waals surface area contributed by atoms with E-state index in [2.05, 4.69) is 81.4 Å². The lowest BCUT2D eigenvalue weighted by molar-refractivity contribution is 0.111. The van der Waals surface area contributed by atoms with E-state index in [1.807, 2.05) is 0 Å². The number of epoxide rings is 1. The molecule has 1 spiro atoms. The Morgan fingerprint density at radius 3 is 1.82 bits per heavy atom. The summed E-state index contributed by atoms with van der Waals surface area (Å²) in [6.07, 6.45) is 5.04. The first-order chi connectivity index (χ1) is 13.4. The summed E-state index contributed by atoms with van der Waals surface area (Å²) in [7, 11) is -2.14. The largest absolute Gasteiger partial charge is 0.408 e. The molecule has 150 valence electrons. The van der Waals surface area contributed by atoms with Crippen molar-refractivity contribution in [3.8, 4) is 0 Å². The molecule has 5 heteroatoms. The lowest BCUT2D eigenvalue weighted by Crippen LogP contribution is -2.74. The number of benzene rings is 2. The van der Waals surface area contributed by atoms with Crippen molar-refractivity contribution in [2.75, 3.05) is 6.61 Å². The third kappa shape index (κ3) is 3.87. The summed E-state index contributed by atoms with van der Waals surface area (Å²) in [6, 6.07) is 22.6. The molecule has 2 fully saturated rings. The van der Waals surface area contributed by atoms with Crippen LogP contribution in [-0.2, 0) is 9.16 Å². The van der Waals surface area contributed by atoms with Gasteiger partial charge in [-0.15, -0.1) is 0 Å². The predicted molar refractivity (Wildman–Crippen MR) is 127 cm³/mol. The van der Waals surface area contributed by atoms with Crippen LogP contribution in [0.3, 0.4) is 0 Å². The Morgan fingerprint density at radius 2 is 1.43 bits per heavy atom. The molecule has 0 radical (unpaired) electrons. The minimum Gasteiger partial charge on any atom is -0.408 e. The van der Waals surface area contributed by atoms with E-state index in [1.54, 1.807) is 0 Å². The minimum absolute atomic E-state index is 0.228. The first-order valence-corrected chi connectivity index (χ1v) is 19.7.